The number of benzene rings is 1. The largest absolute Gasteiger partial charge is 0.468 e. The van der Waals surface area contributed by atoms with Gasteiger partial charge in [0.1, 0.15) is 10.4 Å². The number of nitrogens with one attached hydrogen (secondary N) is 1. The molecule has 0 fully saturated rings. The van der Waals surface area contributed by atoms with Crippen LogP contribution >= 0.6 is 15.9 Å². The molecule has 24 heavy (non-hydrogen) atoms. The molecule has 0 aromatic heterocycles. The van der Waals surface area contributed by atoms with Crippen molar-refractivity contribution in [3.63, 3.8) is 0 Å². The van der Waals surface area contributed by atoms with Gasteiger partial charge in [-0.15, -0.1) is 0 Å². The number of halogens is 1. The van der Waals surface area contributed by atoms with Crippen molar-refractivity contribution in [2.75, 3.05) is 13.7 Å². The molecule has 134 valence electrons. The Morgan fingerprint density at radius 1 is 1.21 bits per heavy atom. The number of methoxy groups -OCH3 is 1. The zero-order chi connectivity index (χ0) is 18.2. The fraction of sp³-hybridized carbons (Fsp3) is 0.529. The molecule has 0 radical (unpaired) electrons. The molecule has 0 spiro atoms. The van der Waals surface area contributed by atoms with Crippen LogP contribution in [0.4, 0.5) is 4.79 Å². The second-order valence-corrected chi connectivity index (χ2v) is 7.16. The molecule has 0 aliphatic rings. The van der Waals surface area contributed by atoms with Gasteiger partial charge < -0.3 is 19.5 Å². The van der Waals surface area contributed by atoms with Gasteiger partial charge in [-0.05, 0) is 26.3 Å². The quantitative estimate of drug-likeness (QED) is 0.561. The topological polar surface area (TPSA) is 73.9 Å². The van der Waals surface area contributed by atoms with Crippen molar-refractivity contribution in [3.05, 3.63) is 35.9 Å². The maximum atomic E-state index is 12.0. The third kappa shape index (κ3) is 7.79. The summed E-state index contributed by atoms with van der Waals surface area (Å²) >= 11 is 3.24. The lowest BCUT2D eigenvalue weighted by Crippen LogP contribution is -2.48. The summed E-state index contributed by atoms with van der Waals surface area (Å²) in [5, 5.41) is 2.64. The molecule has 1 rings (SSSR count). The Kier molecular flexibility index (Phi) is 8.21. The third-order valence-corrected chi connectivity index (χ3v) is 3.90. The predicted molar refractivity (Wildman–Crippen MR) is 94.0 cm³/mol. The van der Waals surface area contributed by atoms with E-state index in [1.165, 1.54) is 7.11 Å². The van der Waals surface area contributed by atoms with Crippen LogP contribution in [0.5, 0.6) is 0 Å². The predicted octanol–water partition coefficient (Wildman–Crippen LogP) is 3.03. The Bertz CT molecular complexity index is 530. The van der Waals surface area contributed by atoms with Crippen LogP contribution < -0.4 is 5.32 Å². The number of rotatable bonds is 7. The molecule has 0 saturated carbocycles. The molecule has 0 aliphatic heterocycles. The van der Waals surface area contributed by atoms with E-state index < -0.39 is 28.5 Å². The highest BCUT2D eigenvalue weighted by Gasteiger charge is 2.30. The highest BCUT2D eigenvalue weighted by atomic mass is 79.9. The van der Waals surface area contributed by atoms with Crippen LogP contribution in [0.2, 0.25) is 0 Å². The maximum absolute atomic E-state index is 12.0. The molecule has 0 bridgehead atoms. The lowest BCUT2D eigenvalue weighted by molar-refractivity contribution is -0.140. The van der Waals surface area contributed by atoms with Gasteiger partial charge in [-0.3, -0.25) is 4.79 Å². The summed E-state index contributed by atoms with van der Waals surface area (Å²) in [5.41, 5.74) is 0.366. The Hall–Kier alpha value is -1.60. The zero-order valence-corrected chi connectivity index (χ0v) is 16.0. The fourth-order valence-electron chi connectivity index (χ4n) is 1.81. The van der Waals surface area contributed by atoms with Crippen LogP contribution in [0.25, 0.3) is 0 Å². The molecule has 0 aliphatic carbocycles. The Morgan fingerprint density at radius 3 is 2.38 bits per heavy atom. The van der Waals surface area contributed by atoms with Gasteiger partial charge >= 0.3 is 12.1 Å². The second kappa shape index (κ2) is 9.64. The third-order valence-electron chi connectivity index (χ3n) is 2.89. The number of hydrogen-bond donors (Lipinski definition) is 1. The average molecular weight is 402 g/mol. The highest BCUT2D eigenvalue weighted by molar-refractivity contribution is 9.10. The van der Waals surface area contributed by atoms with E-state index in [4.69, 9.17) is 14.2 Å². The van der Waals surface area contributed by atoms with Crippen LogP contribution in [-0.2, 0) is 25.6 Å². The molecule has 1 aromatic carbocycles. The summed E-state index contributed by atoms with van der Waals surface area (Å²) in [4.78, 5) is 22.9. The number of amides is 1. The maximum Gasteiger partial charge on any atom is 0.408 e. The monoisotopic (exact) mass is 401 g/mol. The van der Waals surface area contributed by atoms with Gasteiger partial charge in [0.25, 0.3) is 0 Å². The minimum Gasteiger partial charge on any atom is -0.468 e. The summed E-state index contributed by atoms with van der Waals surface area (Å²) in [5.74, 6) is -0.501. The molecule has 1 amide bonds. The van der Waals surface area contributed by atoms with E-state index in [9.17, 15) is 9.59 Å². The summed E-state index contributed by atoms with van der Waals surface area (Å²) in [6.45, 7) is 5.78. The van der Waals surface area contributed by atoms with Gasteiger partial charge in [0.05, 0.1) is 26.4 Å². The fourth-order valence-corrected chi connectivity index (χ4v) is 2.28. The molecule has 2 atom stereocenters. The van der Waals surface area contributed by atoms with E-state index in [1.807, 2.05) is 30.3 Å². The van der Waals surface area contributed by atoms with Crippen molar-refractivity contribution in [1.29, 1.82) is 0 Å². The van der Waals surface area contributed by atoms with Crippen molar-refractivity contribution < 1.29 is 23.8 Å². The summed E-state index contributed by atoms with van der Waals surface area (Å²) < 4.78 is 15.5. The first-order valence-corrected chi connectivity index (χ1v) is 8.47. The minimum absolute atomic E-state index is 0.124. The molecule has 7 heteroatoms. The molecule has 1 aromatic rings. The zero-order valence-electron chi connectivity index (χ0n) is 14.4. The van der Waals surface area contributed by atoms with E-state index >= 15 is 0 Å². The molecule has 0 saturated heterocycles. The van der Waals surface area contributed by atoms with E-state index in [0.717, 1.165) is 5.56 Å². The first-order valence-electron chi connectivity index (χ1n) is 7.56. The molecular formula is C17H24BrNO5. The number of alkyl halides is 1. The summed E-state index contributed by atoms with van der Waals surface area (Å²) in [6, 6.07) is 8.98. The molecule has 6 nitrogen and oxygen atoms in total. The van der Waals surface area contributed by atoms with Crippen molar-refractivity contribution >= 4 is 28.0 Å². The van der Waals surface area contributed by atoms with E-state index in [-0.39, 0.29) is 6.61 Å². The number of esters is 1. The van der Waals surface area contributed by atoms with E-state index in [2.05, 4.69) is 21.2 Å². The van der Waals surface area contributed by atoms with Crippen molar-refractivity contribution in [2.24, 2.45) is 0 Å². The lowest BCUT2D eigenvalue weighted by atomic mass is 10.2. The van der Waals surface area contributed by atoms with Gasteiger partial charge in [-0.25, -0.2) is 4.79 Å². The van der Waals surface area contributed by atoms with Crippen LogP contribution in [0, 0.1) is 0 Å². The lowest BCUT2D eigenvalue weighted by Gasteiger charge is -2.25. The first kappa shape index (κ1) is 20.4. The van der Waals surface area contributed by atoms with Gasteiger partial charge in [0.15, 0.2) is 0 Å². The van der Waals surface area contributed by atoms with Crippen molar-refractivity contribution in [3.8, 4) is 0 Å². The number of alkyl carbamates (subject to hydrolysis) is 1. The first-order chi connectivity index (χ1) is 11.2. The summed E-state index contributed by atoms with van der Waals surface area (Å²) in [7, 11) is 1.28. The van der Waals surface area contributed by atoms with E-state index in [1.54, 1.807) is 20.8 Å². The van der Waals surface area contributed by atoms with Gasteiger partial charge in [-0.1, -0.05) is 46.3 Å². The second-order valence-electron chi connectivity index (χ2n) is 6.18. The van der Waals surface area contributed by atoms with Crippen molar-refractivity contribution in [1.82, 2.24) is 5.32 Å². The van der Waals surface area contributed by atoms with E-state index in [0.29, 0.717) is 6.61 Å². The number of carbonyl (C=O) groups excluding carboxylic acids is 2. The SMILES string of the molecule is COC(=O)[C@@H](Br)[C@H](COCc1ccccc1)NC(=O)OC(C)(C)C. The van der Waals surface area contributed by atoms with Gasteiger partial charge in [0.2, 0.25) is 0 Å². The molecule has 1 N–H and O–H groups in total. The Balaban J connectivity index is 2.63. The van der Waals surface area contributed by atoms with Crippen LogP contribution in [0.15, 0.2) is 30.3 Å². The molecular weight excluding hydrogens is 378 g/mol. The van der Waals surface area contributed by atoms with Crippen LogP contribution in [0.1, 0.15) is 26.3 Å². The molecule has 0 heterocycles. The minimum atomic E-state index is -0.745. The number of ether oxygens (including phenoxy) is 3. The average Bonchev–Trinajstić information content (AvgIpc) is 2.51. The van der Waals surface area contributed by atoms with Gasteiger partial charge in [-0.2, -0.15) is 0 Å². The summed E-state index contributed by atoms with van der Waals surface area (Å²) in [6.07, 6.45) is -0.621. The van der Waals surface area contributed by atoms with Gasteiger partial charge in [0, 0.05) is 0 Å². The van der Waals surface area contributed by atoms with Crippen LogP contribution in [0.3, 0.4) is 0 Å². The standard InChI is InChI=1S/C17H24BrNO5/c1-17(2,3)24-16(21)19-13(14(18)15(20)22-4)11-23-10-12-8-6-5-7-9-12/h5-9,13-14H,10-11H2,1-4H3,(H,19,21)/t13-,14-/m0/s1. The molecule has 0 unspecified atom stereocenters. The highest BCUT2D eigenvalue weighted by Crippen LogP contribution is 2.12. The van der Waals surface area contributed by atoms with Crippen LogP contribution in [-0.4, -0.2) is 42.2 Å². The number of hydrogen-bond acceptors (Lipinski definition) is 5. The number of carbonyl (C=O) groups is 2. The Labute approximate surface area is 151 Å². The normalized spacial score (nSPS) is 13.7. The smallest absolute Gasteiger partial charge is 0.408 e. The Morgan fingerprint density at radius 2 is 1.83 bits per heavy atom. The van der Waals surface area contributed by atoms with Crippen molar-refractivity contribution in [2.45, 2.75) is 43.8 Å².